The van der Waals surface area contributed by atoms with Gasteiger partial charge in [0.2, 0.25) is 0 Å². The van der Waals surface area contributed by atoms with Crippen LogP contribution < -0.4 is 5.73 Å². The van der Waals surface area contributed by atoms with Crippen LogP contribution in [0.25, 0.3) is 0 Å². The van der Waals surface area contributed by atoms with Crippen molar-refractivity contribution < 1.29 is 13.5 Å². The summed E-state index contributed by atoms with van der Waals surface area (Å²) in [4.78, 5) is 0. The zero-order chi connectivity index (χ0) is 10.9. The monoisotopic (exact) mass is 209 g/mol. The van der Waals surface area contributed by atoms with E-state index in [2.05, 4.69) is 0 Å². The molecule has 0 bridgehead atoms. The van der Waals surface area contributed by atoms with Crippen LogP contribution in [-0.4, -0.2) is 37.7 Å². The van der Waals surface area contributed by atoms with Crippen molar-refractivity contribution in [1.29, 1.82) is 0 Å². The zero-order valence-corrected chi connectivity index (χ0v) is 9.43. The summed E-state index contributed by atoms with van der Waals surface area (Å²) in [6.07, 6.45) is 1.10. The number of sulfone groups is 1. The van der Waals surface area contributed by atoms with Crippen LogP contribution in [0, 0.1) is 5.41 Å². The molecule has 0 aliphatic heterocycles. The summed E-state index contributed by atoms with van der Waals surface area (Å²) < 4.78 is 22.4. The lowest BCUT2D eigenvalue weighted by molar-refractivity contribution is 0.228. The molecule has 0 saturated heterocycles. The van der Waals surface area contributed by atoms with Gasteiger partial charge in [0.15, 0.2) is 9.84 Å². The lowest BCUT2D eigenvalue weighted by Gasteiger charge is -2.32. The third-order valence-corrected chi connectivity index (χ3v) is 3.67. The number of hydrogen-bond acceptors (Lipinski definition) is 4. The molecule has 0 aromatic carbocycles. The molecule has 0 aromatic rings. The van der Waals surface area contributed by atoms with E-state index < -0.39 is 27.7 Å². The topological polar surface area (TPSA) is 80.4 Å². The Morgan fingerprint density at radius 2 is 1.77 bits per heavy atom. The SMILES string of the molecule is CC(C)(C)C(N)C(CO)S(C)(=O)=O. The summed E-state index contributed by atoms with van der Waals surface area (Å²) in [5.41, 5.74) is 5.43. The van der Waals surface area contributed by atoms with Crippen LogP contribution in [0.4, 0.5) is 0 Å². The Morgan fingerprint density at radius 1 is 1.38 bits per heavy atom. The van der Waals surface area contributed by atoms with E-state index >= 15 is 0 Å². The van der Waals surface area contributed by atoms with Gasteiger partial charge in [0.05, 0.1) is 11.9 Å². The fraction of sp³-hybridized carbons (Fsp3) is 1.00. The minimum absolute atomic E-state index is 0.323. The van der Waals surface area contributed by atoms with Crippen molar-refractivity contribution in [3.63, 3.8) is 0 Å². The second-order valence-corrected chi connectivity index (χ2v) is 6.71. The molecule has 0 aromatic heterocycles. The van der Waals surface area contributed by atoms with Crippen LogP contribution >= 0.6 is 0 Å². The molecule has 13 heavy (non-hydrogen) atoms. The predicted molar refractivity (Wildman–Crippen MR) is 53.1 cm³/mol. The highest BCUT2D eigenvalue weighted by Gasteiger charge is 2.34. The van der Waals surface area contributed by atoms with Crippen molar-refractivity contribution in [3.05, 3.63) is 0 Å². The lowest BCUT2D eigenvalue weighted by atomic mass is 9.85. The van der Waals surface area contributed by atoms with Gasteiger partial charge in [0, 0.05) is 12.3 Å². The van der Waals surface area contributed by atoms with Crippen LogP contribution in [0.5, 0.6) is 0 Å². The summed E-state index contributed by atoms with van der Waals surface area (Å²) in [5.74, 6) is 0. The maximum Gasteiger partial charge on any atom is 0.154 e. The van der Waals surface area contributed by atoms with Crippen molar-refractivity contribution in [2.75, 3.05) is 12.9 Å². The Bertz CT molecular complexity index is 253. The Morgan fingerprint density at radius 3 is 1.85 bits per heavy atom. The largest absolute Gasteiger partial charge is 0.395 e. The molecule has 2 atom stereocenters. The molecule has 0 saturated carbocycles. The van der Waals surface area contributed by atoms with E-state index in [0.717, 1.165) is 6.26 Å². The smallest absolute Gasteiger partial charge is 0.154 e. The van der Waals surface area contributed by atoms with E-state index in [9.17, 15) is 8.42 Å². The molecule has 0 fully saturated rings. The highest BCUT2D eigenvalue weighted by Crippen LogP contribution is 2.22. The predicted octanol–water partition coefficient (Wildman–Crippen LogP) is -0.235. The normalized spacial score (nSPS) is 18.3. The molecule has 0 aliphatic rings. The van der Waals surface area contributed by atoms with Gasteiger partial charge in [-0.15, -0.1) is 0 Å². The van der Waals surface area contributed by atoms with Gasteiger partial charge >= 0.3 is 0 Å². The van der Waals surface area contributed by atoms with Gasteiger partial charge in [0.25, 0.3) is 0 Å². The second kappa shape index (κ2) is 3.94. The van der Waals surface area contributed by atoms with E-state index in [4.69, 9.17) is 10.8 Å². The molecular formula is C8H19NO3S. The summed E-state index contributed by atoms with van der Waals surface area (Å²) in [7, 11) is -3.27. The molecule has 4 nitrogen and oxygen atoms in total. The van der Waals surface area contributed by atoms with Crippen LogP contribution in [-0.2, 0) is 9.84 Å². The van der Waals surface area contributed by atoms with Crippen molar-refractivity contribution in [2.24, 2.45) is 11.1 Å². The number of hydrogen-bond donors (Lipinski definition) is 2. The van der Waals surface area contributed by atoms with E-state index in [1.54, 1.807) is 0 Å². The fourth-order valence-electron chi connectivity index (χ4n) is 1.07. The Kier molecular flexibility index (Phi) is 3.90. The molecule has 2 unspecified atom stereocenters. The van der Waals surface area contributed by atoms with E-state index in [0.29, 0.717) is 0 Å². The maximum absolute atomic E-state index is 11.2. The Labute approximate surface area is 80.1 Å². The molecule has 0 aliphatic carbocycles. The first kappa shape index (κ1) is 12.9. The third-order valence-electron chi connectivity index (χ3n) is 2.13. The molecule has 3 N–H and O–H groups in total. The first-order valence-electron chi connectivity index (χ1n) is 4.16. The highest BCUT2D eigenvalue weighted by atomic mass is 32.2. The number of aliphatic hydroxyl groups excluding tert-OH is 1. The van der Waals surface area contributed by atoms with E-state index in [1.165, 1.54) is 0 Å². The molecule has 0 heterocycles. The van der Waals surface area contributed by atoms with Crippen LogP contribution in [0.3, 0.4) is 0 Å². The molecule has 80 valence electrons. The van der Waals surface area contributed by atoms with Crippen molar-refractivity contribution in [3.8, 4) is 0 Å². The maximum atomic E-state index is 11.2. The van der Waals surface area contributed by atoms with Gasteiger partial charge in [0.1, 0.15) is 0 Å². The van der Waals surface area contributed by atoms with Gasteiger partial charge in [-0.05, 0) is 5.41 Å². The third kappa shape index (κ3) is 3.62. The summed E-state index contributed by atoms with van der Waals surface area (Å²) in [6.45, 7) is 5.14. The van der Waals surface area contributed by atoms with Gasteiger partial charge in [-0.25, -0.2) is 8.42 Å². The summed E-state index contributed by atoms with van der Waals surface area (Å²) in [5, 5.41) is 8.07. The summed E-state index contributed by atoms with van der Waals surface area (Å²) in [6, 6.07) is -0.549. The number of aliphatic hydroxyl groups is 1. The number of nitrogens with two attached hydrogens (primary N) is 1. The van der Waals surface area contributed by atoms with Gasteiger partial charge in [-0.1, -0.05) is 20.8 Å². The molecule has 0 radical (unpaired) electrons. The molecule has 5 heteroatoms. The standard InChI is InChI=1S/C8H19NO3S/c1-8(2,3)7(9)6(5-10)13(4,11)12/h6-7,10H,5,9H2,1-4H3. The first-order chi connectivity index (χ1) is 5.60. The molecule has 0 rings (SSSR count). The van der Waals surface area contributed by atoms with Crippen LogP contribution in [0.2, 0.25) is 0 Å². The van der Waals surface area contributed by atoms with E-state index in [-0.39, 0.29) is 5.41 Å². The van der Waals surface area contributed by atoms with Crippen molar-refractivity contribution in [1.82, 2.24) is 0 Å². The van der Waals surface area contributed by atoms with Gasteiger partial charge in [-0.2, -0.15) is 0 Å². The molecule has 0 spiro atoms. The lowest BCUT2D eigenvalue weighted by Crippen LogP contribution is -2.50. The van der Waals surface area contributed by atoms with Gasteiger partial charge in [-0.3, -0.25) is 0 Å². The average molecular weight is 209 g/mol. The quantitative estimate of drug-likeness (QED) is 0.672. The second-order valence-electron chi connectivity index (χ2n) is 4.44. The minimum atomic E-state index is -3.27. The van der Waals surface area contributed by atoms with Crippen molar-refractivity contribution in [2.45, 2.75) is 32.1 Å². The zero-order valence-electron chi connectivity index (χ0n) is 8.61. The summed E-state index contributed by atoms with van der Waals surface area (Å²) >= 11 is 0. The van der Waals surface area contributed by atoms with Crippen molar-refractivity contribution >= 4 is 9.84 Å². The Hall–Kier alpha value is -0.130. The van der Waals surface area contributed by atoms with E-state index in [1.807, 2.05) is 20.8 Å². The highest BCUT2D eigenvalue weighted by molar-refractivity contribution is 7.91. The average Bonchev–Trinajstić information content (AvgIpc) is 1.83. The molecule has 0 amide bonds. The van der Waals surface area contributed by atoms with Crippen LogP contribution in [0.1, 0.15) is 20.8 Å². The first-order valence-corrected chi connectivity index (χ1v) is 6.11. The fourth-order valence-corrected chi connectivity index (χ4v) is 2.28. The molecular weight excluding hydrogens is 190 g/mol. The Balaban J connectivity index is 4.82. The van der Waals surface area contributed by atoms with Crippen LogP contribution in [0.15, 0.2) is 0 Å². The van der Waals surface area contributed by atoms with Gasteiger partial charge < -0.3 is 10.8 Å². The minimum Gasteiger partial charge on any atom is -0.395 e. The number of rotatable bonds is 3.